The van der Waals surface area contributed by atoms with E-state index in [9.17, 15) is 0 Å². The first-order chi connectivity index (χ1) is 8.72. The Bertz CT molecular complexity index is 512. The number of methoxy groups -OCH3 is 1. The second-order valence-electron chi connectivity index (χ2n) is 4.09. The zero-order chi connectivity index (χ0) is 13.0. The van der Waals surface area contributed by atoms with Crippen molar-refractivity contribution in [1.29, 1.82) is 0 Å². The third kappa shape index (κ3) is 3.13. The predicted molar refractivity (Wildman–Crippen MR) is 81.2 cm³/mol. The normalized spacial score (nSPS) is 12.4. The van der Waals surface area contributed by atoms with Gasteiger partial charge in [0.1, 0.15) is 0 Å². The van der Waals surface area contributed by atoms with Crippen molar-refractivity contribution in [2.75, 3.05) is 12.4 Å². The summed E-state index contributed by atoms with van der Waals surface area (Å²) in [6.07, 6.45) is 0. The number of hydrogen-bond acceptors (Lipinski definition) is 3. The first-order valence-electron chi connectivity index (χ1n) is 5.78. The molecular weight excluding hydrogens is 310 g/mol. The fourth-order valence-electron chi connectivity index (χ4n) is 1.86. The van der Waals surface area contributed by atoms with E-state index in [1.807, 2.05) is 12.1 Å². The van der Waals surface area contributed by atoms with E-state index in [1.54, 1.807) is 18.4 Å². The molecule has 0 aliphatic rings. The number of para-hydroxylation sites is 1. The number of nitrogens with one attached hydrogen (secondary N) is 1. The Labute approximate surface area is 120 Å². The summed E-state index contributed by atoms with van der Waals surface area (Å²) in [6.45, 7) is 2.79. The smallest absolute Gasteiger partial charge is 0.0733 e. The molecule has 0 aliphatic heterocycles. The molecule has 0 bridgehead atoms. The highest BCUT2D eigenvalue weighted by Crippen LogP contribution is 2.31. The second-order valence-corrected chi connectivity index (χ2v) is 5.89. The lowest BCUT2D eigenvalue weighted by molar-refractivity contribution is 0.185. The molecule has 1 aromatic heterocycles. The van der Waals surface area contributed by atoms with Gasteiger partial charge in [-0.1, -0.05) is 18.2 Å². The molecule has 18 heavy (non-hydrogen) atoms. The Morgan fingerprint density at radius 2 is 2.11 bits per heavy atom. The maximum atomic E-state index is 5.22. The van der Waals surface area contributed by atoms with Crippen molar-refractivity contribution >= 4 is 33.0 Å². The van der Waals surface area contributed by atoms with Gasteiger partial charge in [0.05, 0.1) is 12.6 Å². The lowest BCUT2D eigenvalue weighted by atomic mass is 10.1. The number of hydrogen-bond donors (Lipinski definition) is 1. The molecule has 0 aliphatic carbocycles. The first-order valence-corrected chi connectivity index (χ1v) is 7.46. The largest absolute Gasteiger partial charge is 0.380 e. The summed E-state index contributed by atoms with van der Waals surface area (Å²) >= 11 is 5.33. The molecule has 0 saturated heterocycles. The van der Waals surface area contributed by atoms with Gasteiger partial charge in [-0.25, -0.2) is 0 Å². The zero-order valence-electron chi connectivity index (χ0n) is 10.4. The van der Waals surface area contributed by atoms with Crippen molar-refractivity contribution in [3.63, 3.8) is 0 Å². The monoisotopic (exact) mass is 325 g/mol. The average molecular weight is 326 g/mol. The Hall–Kier alpha value is -0.840. The lowest BCUT2D eigenvalue weighted by Crippen LogP contribution is -2.07. The lowest BCUT2D eigenvalue weighted by Gasteiger charge is -2.17. The Morgan fingerprint density at radius 1 is 1.33 bits per heavy atom. The number of anilines is 1. The van der Waals surface area contributed by atoms with Crippen LogP contribution in [0.3, 0.4) is 0 Å². The van der Waals surface area contributed by atoms with Crippen molar-refractivity contribution < 1.29 is 4.74 Å². The van der Waals surface area contributed by atoms with Gasteiger partial charge in [-0.3, -0.25) is 0 Å². The van der Waals surface area contributed by atoms with Gasteiger partial charge >= 0.3 is 0 Å². The van der Waals surface area contributed by atoms with Crippen LogP contribution in [0.2, 0.25) is 0 Å². The van der Waals surface area contributed by atoms with Gasteiger partial charge in [0, 0.05) is 27.7 Å². The van der Waals surface area contributed by atoms with Crippen LogP contribution in [0, 0.1) is 0 Å². The van der Waals surface area contributed by atoms with Gasteiger partial charge in [0.15, 0.2) is 0 Å². The van der Waals surface area contributed by atoms with Gasteiger partial charge in [0.25, 0.3) is 0 Å². The first kappa shape index (κ1) is 13.6. The molecule has 2 aromatic rings. The van der Waals surface area contributed by atoms with Crippen LogP contribution < -0.4 is 5.32 Å². The number of rotatable bonds is 5. The van der Waals surface area contributed by atoms with E-state index in [4.69, 9.17) is 4.74 Å². The zero-order valence-corrected chi connectivity index (χ0v) is 12.8. The fourth-order valence-corrected chi connectivity index (χ4v) is 3.58. The van der Waals surface area contributed by atoms with Crippen molar-refractivity contribution in [2.24, 2.45) is 0 Å². The minimum atomic E-state index is 0.275. The van der Waals surface area contributed by atoms with E-state index >= 15 is 0 Å². The fraction of sp³-hybridized carbons (Fsp3) is 0.286. The molecule has 0 saturated carbocycles. The quantitative estimate of drug-likeness (QED) is 0.850. The summed E-state index contributed by atoms with van der Waals surface area (Å²) in [5.41, 5.74) is 2.31. The maximum absolute atomic E-state index is 5.22. The molecule has 1 unspecified atom stereocenters. The summed E-state index contributed by atoms with van der Waals surface area (Å²) in [5.74, 6) is 0. The minimum Gasteiger partial charge on any atom is -0.380 e. The van der Waals surface area contributed by atoms with E-state index in [1.165, 1.54) is 10.4 Å². The minimum absolute atomic E-state index is 0.275. The van der Waals surface area contributed by atoms with Gasteiger partial charge in [-0.15, -0.1) is 11.3 Å². The summed E-state index contributed by atoms with van der Waals surface area (Å²) in [7, 11) is 1.72. The predicted octanol–water partition coefficient (Wildman–Crippen LogP) is 4.83. The van der Waals surface area contributed by atoms with E-state index < -0.39 is 0 Å². The highest BCUT2D eigenvalue weighted by atomic mass is 79.9. The van der Waals surface area contributed by atoms with E-state index in [0.29, 0.717) is 6.61 Å². The molecule has 2 nitrogen and oxygen atoms in total. The third-order valence-corrected chi connectivity index (χ3v) is 4.78. The van der Waals surface area contributed by atoms with Crippen molar-refractivity contribution in [2.45, 2.75) is 19.6 Å². The topological polar surface area (TPSA) is 21.3 Å². The molecule has 1 aromatic carbocycles. The van der Waals surface area contributed by atoms with Crippen LogP contribution in [0.4, 0.5) is 5.69 Å². The van der Waals surface area contributed by atoms with E-state index in [-0.39, 0.29) is 6.04 Å². The Morgan fingerprint density at radius 3 is 2.78 bits per heavy atom. The van der Waals surface area contributed by atoms with Crippen LogP contribution in [0.1, 0.15) is 23.4 Å². The molecule has 1 N–H and O–H groups in total. The second kappa shape index (κ2) is 6.36. The van der Waals surface area contributed by atoms with Crippen LogP contribution in [0.15, 0.2) is 40.2 Å². The van der Waals surface area contributed by atoms with Gasteiger partial charge in [0.2, 0.25) is 0 Å². The molecule has 1 heterocycles. The molecule has 0 fully saturated rings. The van der Waals surface area contributed by atoms with Crippen LogP contribution in [-0.2, 0) is 11.3 Å². The summed E-state index contributed by atoms with van der Waals surface area (Å²) in [5, 5.41) is 5.63. The number of benzene rings is 1. The molecule has 0 amide bonds. The van der Waals surface area contributed by atoms with Crippen molar-refractivity contribution in [3.8, 4) is 0 Å². The number of halogens is 1. The molecular formula is C14H16BrNOS. The van der Waals surface area contributed by atoms with Gasteiger partial charge in [-0.05, 0) is 40.4 Å². The highest BCUT2D eigenvalue weighted by Gasteiger charge is 2.12. The molecule has 4 heteroatoms. The SMILES string of the molecule is COCc1ccccc1NC(C)c1sccc1Br. The van der Waals surface area contributed by atoms with Crippen LogP contribution in [-0.4, -0.2) is 7.11 Å². The van der Waals surface area contributed by atoms with Crippen LogP contribution >= 0.6 is 27.3 Å². The van der Waals surface area contributed by atoms with Gasteiger partial charge in [-0.2, -0.15) is 0 Å². The third-order valence-electron chi connectivity index (χ3n) is 2.73. The van der Waals surface area contributed by atoms with Crippen molar-refractivity contribution in [3.05, 3.63) is 50.6 Å². The summed E-state index contributed by atoms with van der Waals surface area (Å²) in [4.78, 5) is 1.31. The standard InChI is InChI=1S/C14H16BrNOS/c1-10(14-12(15)7-8-18-14)16-13-6-4-3-5-11(13)9-17-2/h3-8,10,16H,9H2,1-2H3. The van der Waals surface area contributed by atoms with Crippen LogP contribution in [0.25, 0.3) is 0 Å². The van der Waals surface area contributed by atoms with Crippen LogP contribution in [0.5, 0.6) is 0 Å². The number of thiophene rings is 1. The molecule has 1 atom stereocenters. The van der Waals surface area contributed by atoms with E-state index in [0.717, 1.165) is 10.2 Å². The summed E-state index contributed by atoms with van der Waals surface area (Å²) in [6, 6.07) is 10.6. The van der Waals surface area contributed by atoms with E-state index in [2.05, 4.69) is 51.7 Å². The Kier molecular flexibility index (Phi) is 4.80. The molecule has 96 valence electrons. The van der Waals surface area contributed by atoms with Gasteiger partial charge < -0.3 is 10.1 Å². The number of ether oxygens (including phenoxy) is 1. The Balaban J connectivity index is 2.16. The molecule has 2 rings (SSSR count). The van der Waals surface area contributed by atoms with Crippen molar-refractivity contribution in [1.82, 2.24) is 0 Å². The summed E-state index contributed by atoms with van der Waals surface area (Å²) < 4.78 is 6.38. The highest BCUT2D eigenvalue weighted by molar-refractivity contribution is 9.10. The maximum Gasteiger partial charge on any atom is 0.0733 e. The molecule has 0 radical (unpaired) electrons. The molecule has 0 spiro atoms. The average Bonchev–Trinajstić information content (AvgIpc) is 2.78.